The maximum Gasteiger partial charge on any atom is 0.225 e. The van der Waals surface area contributed by atoms with Crippen LogP contribution in [0.5, 0.6) is 0 Å². The highest BCUT2D eigenvalue weighted by Crippen LogP contribution is 2.20. The zero-order chi connectivity index (χ0) is 15.9. The first-order valence-electron chi connectivity index (χ1n) is 7.81. The molecule has 1 aromatic rings. The lowest BCUT2D eigenvalue weighted by molar-refractivity contribution is -0.116. The van der Waals surface area contributed by atoms with Crippen LogP contribution in [0.4, 0.5) is 5.13 Å². The number of ether oxygens (including phenoxy) is 1. The largest absolute Gasteiger partial charge is 0.380 e. The minimum atomic E-state index is 0.0174. The second kappa shape index (κ2) is 8.57. The first-order valence-corrected chi connectivity index (χ1v) is 8.69. The van der Waals surface area contributed by atoms with Gasteiger partial charge in [0.1, 0.15) is 0 Å². The van der Waals surface area contributed by atoms with Crippen molar-refractivity contribution in [3.63, 3.8) is 0 Å². The van der Waals surface area contributed by atoms with Gasteiger partial charge in [-0.25, -0.2) is 4.98 Å². The molecule has 7 heteroatoms. The average molecular weight is 326 g/mol. The Balaban J connectivity index is 1.75. The maximum absolute atomic E-state index is 11.4. The van der Waals surface area contributed by atoms with Gasteiger partial charge in [-0.3, -0.25) is 19.5 Å². The van der Waals surface area contributed by atoms with Crippen LogP contribution in [0.3, 0.4) is 0 Å². The molecule has 1 amide bonds. The number of rotatable bonds is 7. The molecule has 1 saturated heterocycles. The minimum absolute atomic E-state index is 0.0174. The van der Waals surface area contributed by atoms with Gasteiger partial charge in [-0.1, -0.05) is 0 Å². The van der Waals surface area contributed by atoms with Crippen LogP contribution in [0.25, 0.3) is 0 Å². The van der Waals surface area contributed by atoms with Gasteiger partial charge in [0.2, 0.25) is 5.91 Å². The van der Waals surface area contributed by atoms with E-state index in [1.807, 2.05) is 6.92 Å². The van der Waals surface area contributed by atoms with Crippen molar-refractivity contribution in [1.82, 2.24) is 14.8 Å². The van der Waals surface area contributed by atoms with E-state index in [2.05, 4.69) is 20.2 Å². The van der Waals surface area contributed by atoms with Crippen molar-refractivity contribution in [2.45, 2.75) is 20.4 Å². The number of hydrogen-bond donors (Lipinski definition) is 0. The van der Waals surface area contributed by atoms with Crippen molar-refractivity contribution in [3.05, 3.63) is 11.1 Å². The molecule has 6 nitrogen and oxygen atoms in total. The van der Waals surface area contributed by atoms with Crippen LogP contribution >= 0.6 is 11.3 Å². The summed E-state index contributed by atoms with van der Waals surface area (Å²) >= 11 is 1.53. The molecule has 22 heavy (non-hydrogen) atoms. The number of hydrogen-bond acceptors (Lipinski definition) is 6. The molecule has 0 bridgehead atoms. The standard InChI is InChI=1S/C15H26N4O2S/c1-4-21-10-9-18-5-7-19(8-6-18)11-14-12-22-15(16-14)17(3)13(2)20/h12H,4-11H2,1-3H3. The predicted octanol–water partition coefficient (Wildman–Crippen LogP) is 1.28. The third-order valence-electron chi connectivity index (χ3n) is 3.91. The van der Waals surface area contributed by atoms with Crippen molar-refractivity contribution in [2.24, 2.45) is 0 Å². The number of aromatic nitrogens is 1. The van der Waals surface area contributed by atoms with E-state index in [9.17, 15) is 4.79 Å². The second-order valence-corrected chi connectivity index (χ2v) is 6.35. The Morgan fingerprint density at radius 2 is 2.05 bits per heavy atom. The van der Waals surface area contributed by atoms with Crippen LogP contribution < -0.4 is 4.90 Å². The van der Waals surface area contributed by atoms with Crippen molar-refractivity contribution < 1.29 is 9.53 Å². The van der Waals surface area contributed by atoms with E-state index in [1.165, 1.54) is 11.3 Å². The van der Waals surface area contributed by atoms with Gasteiger partial charge in [0.25, 0.3) is 0 Å². The Labute approximate surface area is 136 Å². The molecule has 0 N–H and O–H groups in total. The summed E-state index contributed by atoms with van der Waals surface area (Å²) in [6.45, 7) is 11.4. The summed E-state index contributed by atoms with van der Waals surface area (Å²) in [5, 5.41) is 2.83. The summed E-state index contributed by atoms with van der Waals surface area (Å²) in [5.74, 6) is 0.0174. The third-order valence-corrected chi connectivity index (χ3v) is 4.87. The van der Waals surface area contributed by atoms with E-state index < -0.39 is 0 Å². The molecule has 0 aliphatic carbocycles. The topological polar surface area (TPSA) is 48.9 Å². The molecule has 0 aromatic carbocycles. The first kappa shape index (κ1) is 17.3. The van der Waals surface area contributed by atoms with Gasteiger partial charge in [-0.15, -0.1) is 11.3 Å². The van der Waals surface area contributed by atoms with Crippen molar-refractivity contribution in [2.75, 3.05) is 57.9 Å². The Morgan fingerprint density at radius 3 is 2.68 bits per heavy atom. The van der Waals surface area contributed by atoms with E-state index in [1.54, 1.807) is 18.9 Å². The van der Waals surface area contributed by atoms with E-state index in [0.29, 0.717) is 0 Å². The van der Waals surface area contributed by atoms with Crippen molar-refractivity contribution >= 4 is 22.4 Å². The molecule has 0 radical (unpaired) electrons. The molecular weight excluding hydrogens is 300 g/mol. The Morgan fingerprint density at radius 1 is 1.36 bits per heavy atom. The zero-order valence-corrected chi connectivity index (χ0v) is 14.6. The predicted molar refractivity (Wildman–Crippen MR) is 89.4 cm³/mol. The van der Waals surface area contributed by atoms with Gasteiger partial charge in [-0.05, 0) is 6.92 Å². The van der Waals surface area contributed by atoms with Crippen LogP contribution in [-0.4, -0.2) is 73.7 Å². The normalized spacial score (nSPS) is 16.9. The summed E-state index contributed by atoms with van der Waals surface area (Å²) in [5.41, 5.74) is 1.05. The van der Waals surface area contributed by atoms with Gasteiger partial charge in [-0.2, -0.15) is 0 Å². The first-order chi connectivity index (χ1) is 10.6. The molecule has 1 aliphatic rings. The monoisotopic (exact) mass is 326 g/mol. The number of nitrogens with zero attached hydrogens (tertiary/aromatic N) is 4. The zero-order valence-electron chi connectivity index (χ0n) is 13.7. The number of carbonyl (C=O) groups is 1. The van der Waals surface area contributed by atoms with Crippen molar-refractivity contribution in [3.8, 4) is 0 Å². The molecule has 0 saturated carbocycles. The summed E-state index contributed by atoms with van der Waals surface area (Å²) in [4.78, 5) is 22.4. The fourth-order valence-electron chi connectivity index (χ4n) is 2.40. The molecule has 2 rings (SSSR count). The molecule has 1 aromatic heterocycles. The summed E-state index contributed by atoms with van der Waals surface area (Å²) < 4.78 is 5.41. The molecule has 0 spiro atoms. The van der Waals surface area contributed by atoms with E-state index >= 15 is 0 Å². The molecule has 124 valence electrons. The van der Waals surface area contributed by atoms with E-state index in [0.717, 1.165) is 63.3 Å². The van der Waals surface area contributed by atoms with Crippen LogP contribution in [-0.2, 0) is 16.1 Å². The molecular formula is C15H26N4O2S. The summed E-state index contributed by atoms with van der Waals surface area (Å²) in [6, 6.07) is 0. The van der Waals surface area contributed by atoms with Gasteiger partial charge < -0.3 is 4.74 Å². The SMILES string of the molecule is CCOCCN1CCN(Cc2csc(N(C)C(C)=O)n2)CC1. The second-order valence-electron chi connectivity index (χ2n) is 5.51. The lowest BCUT2D eigenvalue weighted by atomic mass is 10.3. The van der Waals surface area contributed by atoms with Gasteiger partial charge in [0.05, 0.1) is 12.3 Å². The van der Waals surface area contributed by atoms with Gasteiger partial charge in [0.15, 0.2) is 5.13 Å². The quantitative estimate of drug-likeness (QED) is 0.707. The number of carbonyl (C=O) groups excluding carboxylic acids is 1. The third kappa shape index (κ3) is 5.01. The van der Waals surface area contributed by atoms with E-state index in [-0.39, 0.29) is 5.91 Å². The Bertz CT molecular complexity index is 472. The molecule has 0 atom stereocenters. The number of piperazine rings is 1. The molecule has 0 unspecified atom stereocenters. The minimum Gasteiger partial charge on any atom is -0.380 e. The lowest BCUT2D eigenvalue weighted by Gasteiger charge is -2.34. The molecule has 1 fully saturated rings. The van der Waals surface area contributed by atoms with Crippen LogP contribution in [0.1, 0.15) is 19.5 Å². The highest BCUT2D eigenvalue weighted by atomic mass is 32.1. The highest BCUT2D eigenvalue weighted by Gasteiger charge is 2.18. The Hall–Kier alpha value is -1.02. The number of thiazole rings is 1. The molecule has 2 heterocycles. The van der Waals surface area contributed by atoms with Crippen LogP contribution in [0.2, 0.25) is 0 Å². The van der Waals surface area contributed by atoms with Crippen molar-refractivity contribution in [1.29, 1.82) is 0 Å². The fourth-order valence-corrected chi connectivity index (χ4v) is 3.22. The molecule has 1 aliphatic heterocycles. The Kier molecular flexibility index (Phi) is 6.75. The fraction of sp³-hybridized carbons (Fsp3) is 0.733. The van der Waals surface area contributed by atoms with Gasteiger partial charge in [0, 0.05) is 65.2 Å². The van der Waals surface area contributed by atoms with Crippen LogP contribution in [0, 0.1) is 0 Å². The highest BCUT2D eigenvalue weighted by molar-refractivity contribution is 7.14. The number of amides is 1. The van der Waals surface area contributed by atoms with Crippen LogP contribution in [0.15, 0.2) is 5.38 Å². The maximum atomic E-state index is 11.4. The smallest absolute Gasteiger partial charge is 0.225 e. The van der Waals surface area contributed by atoms with E-state index in [4.69, 9.17) is 4.74 Å². The lowest BCUT2D eigenvalue weighted by Crippen LogP contribution is -2.46. The number of anilines is 1. The van der Waals surface area contributed by atoms with Gasteiger partial charge >= 0.3 is 0 Å². The summed E-state index contributed by atoms with van der Waals surface area (Å²) in [6.07, 6.45) is 0. The summed E-state index contributed by atoms with van der Waals surface area (Å²) in [7, 11) is 1.77. The average Bonchev–Trinajstić information content (AvgIpc) is 2.97.